The number of rotatable bonds is 1. The Bertz CT molecular complexity index is 63.4. The summed E-state index contributed by atoms with van der Waals surface area (Å²) < 4.78 is 0. The number of hydrazine groups is 1. The van der Waals surface area contributed by atoms with Gasteiger partial charge in [0.2, 0.25) is 0 Å². The summed E-state index contributed by atoms with van der Waals surface area (Å²) in [5.74, 6) is 5.21. The van der Waals surface area contributed by atoms with Crippen LogP contribution in [0.5, 0.6) is 0 Å². The lowest BCUT2D eigenvalue weighted by Crippen LogP contribution is -2.41. The maximum atomic E-state index is 5.21. The summed E-state index contributed by atoms with van der Waals surface area (Å²) in [6, 6.07) is 0.377. The lowest BCUT2D eigenvalue weighted by Gasteiger charge is -2.25. The van der Waals surface area contributed by atoms with Crippen LogP contribution >= 0.6 is 0 Å². The third kappa shape index (κ3) is 2.28. The van der Waals surface area contributed by atoms with Gasteiger partial charge < -0.3 is 0 Å². The third-order valence-corrected chi connectivity index (χ3v) is 1.55. The molecular formula is C6H16N2. The van der Waals surface area contributed by atoms with Crippen LogP contribution in [0.1, 0.15) is 27.7 Å². The van der Waals surface area contributed by atoms with Crippen LogP contribution in [0.2, 0.25) is 0 Å². The highest BCUT2D eigenvalue weighted by Crippen LogP contribution is 2.17. The number of hydrogen-bond donors (Lipinski definition) is 2. The van der Waals surface area contributed by atoms with Crippen LogP contribution in [0.3, 0.4) is 0 Å². The molecule has 0 aromatic heterocycles. The smallest absolute Gasteiger partial charge is 0.0230 e. The maximum absolute atomic E-state index is 5.21. The van der Waals surface area contributed by atoms with E-state index in [-0.39, 0.29) is 5.41 Å². The maximum Gasteiger partial charge on any atom is 0.0230 e. The van der Waals surface area contributed by atoms with E-state index in [0.717, 1.165) is 0 Å². The van der Waals surface area contributed by atoms with E-state index in [9.17, 15) is 0 Å². The molecule has 0 aromatic rings. The van der Waals surface area contributed by atoms with Crippen molar-refractivity contribution in [2.45, 2.75) is 33.7 Å². The van der Waals surface area contributed by atoms with Crippen molar-refractivity contribution in [3.8, 4) is 0 Å². The Labute approximate surface area is 51.4 Å². The van der Waals surface area contributed by atoms with Crippen molar-refractivity contribution in [1.29, 1.82) is 0 Å². The first-order valence-electron chi connectivity index (χ1n) is 2.94. The molecule has 0 aromatic carbocycles. The molecule has 0 saturated heterocycles. The molecule has 1 unspecified atom stereocenters. The Morgan fingerprint density at radius 2 is 1.75 bits per heavy atom. The second-order valence-electron chi connectivity index (χ2n) is 3.25. The predicted octanol–water partition coefficient (Wildman–Crippen LogP) is 0.884. The summed E-state index contributed by atoms with van der Waals surface area (Å²) in [4.78, 5) is 0. The van der Waals surface area contributed by atoms with Crippen LogP contribution in [-0.2, 0) is 0 Å². The molecule has 0 amide bonds. The fourth-order valence-electron chi connectivity index (χ4n) is 0.250. The van der Waals surface area contributed by atoms with E-state index >= 15 is 0 Å². The zero-order valence-electron chi connectivity index (χ0n) is 6.15. The van der Waals surface area contributed by atoms with Crippen molar-refractivity contribution in [3.05, 3.63) is 0 Å². The van der Waals surface area contributed by atoms with Gasteiger partial charge in [-0.15, -0.1) is 0 Å². The lowest BCUT2D eigenvalue weighted by molar-refractivity contribution is 0.290. The average molecular weight is 116 g/mol. The van der Waals surface area contributed by atoms with Crippen molar-refractivity contribution in [2.24, 2.45) is 11.3 Å². The molecule has 0 saturated carbocycles. The molecule has 2 heteroatoms. The van der Waals surface area contributed by atoms with E-state index in [0.29, 0.717) is 6.04 Å². The Morgan fingerprint density at radius 1 is 1.38 bits per heavy atom. The monoisotopic (exact) mass is 116 g/mol. The zero-order chi connectivity index (χ0) is 6.78. The third-order valence-electron chi connectivity index (χ3n) is 1.55. The highest BCUT2D eigenvalue weighted by molar-refractivity contribution is 4.72. The van der Waals surface area contributed by atoms with Crippen LogP contribution in [0.15, 0.2) is 0 Å². The topological polar surface area (TPSA) is 38.0 Å². The molecule has 0 spiro atoms. The summed E-state index contributed by atoms with van der Waals surface area (Å²) in [7, 11) is 0. The van der Waals surface area contributed by atoms with Crippen LogP contribution in [0.25, 0.3) is 0 Å². The first-order chi connectivity index (χ1) is 3.48. The van der Waals surface area contributed by atoms with Crippen molar-refractivity contribution in [3.63, 3.8) is 0 Å². The normalized spacial score (nSPS) is 16.1. The first kappa shape index (κ1) is 7.92. The Kier molecular flexibility index (Phi) is 2.44. The molecule has 8 heavy (non-hydrogen) atoms. The zero-order valence-corrected chi connectivity index (χ0v) is 6.15. The molecule has 0 rings (SSSR count). The lowest BCUT2D eigenvalue weighted by atomic mass is 9.89. The second kappa shape index (κ2) is 2.46. The van der Waals surface area contributed by atoms with E-state index in [1.54, 1.807) is 0 Å². The molecule has 50 valence electrons. The fourth-order valence-corrected chi connectivity index (χ4v) is 0.250. The molecule has 0 aliphatic rings. The SMILES string of the molecule is CC(NN)C(C)(C)C. The summed E-state index contributed by atoms with van der Waals surface area (Å²) in [6.07, 6.45) is 0. The number of hydrogen-bond acceptors (Lipinski definition) is 2. The van der Waals surface area contributed by atoms with Crippen molar-refractivity contribution in [1.82, 2.24) is 5.43 Å². The summed E-state index contributed by atoms with van der Waals surface area (Å²) in [5.41, 5.74) is 2.98. The Hall–Kier alpha value is -0.0800. The van der Waals surface area contributed by atoms with E-state index < -0.39 is 0 Å². The van der Waals surface area contributed by atoms with Crippen LogP contribution in [0.4, 0.5) is 0 Å². The Morgan fingerprint density at radius 3 is 1.75 bits per heavy atom. The molecule has 1 atom stereocenters. The molecule has 3 N–H and O–H groups in total. The molecule has 0 aliphatic heterocycles. The highest BCUT2D eigenvalue weighted by atomic mass is 15.2. The van der Waals surface area contributed by atoms with E-state index in [2.05, 4.69) is 33.1 Å². The molecular weight excluding hydrogens is 100 g/mol. The van der Waals surface area contributed by atoms with Gasteiger partial charge in [-0.2, -0.15) is 0 Å². The van der Waals surface area contributed by atoms with Crippen molar-refractivity contribution >= 4 is 0 Å². The van der Waals surface area contributed by atoms with Gasteiger partial charge in [0, 0.05) is 6.04 Å². The average Bonchev–Trinajstić information content (AvgIpc) is 1.62. The van der Waals surface area contributed by atoms with Gasteiger partial charge in [0.15, 0.2) is 0 Å². The highest BCUT2D eigenvalue weighted by Gasteiger charge is 2.17. The van der Waals surface area contributed by atoms with E-state index in [4.69, 9.17) is 5.84 Å². The van der Waals surface area contributed by atoms with Crippen LogP contribution in [-0.4, -0.2) is 6.04 Å². The molecule has 0 aliphatic carbocycles. The number of nitrogens with one attached hydrogen (secondary N) is 1. The molecule has 0 radical (unpaired) electrons. The number of nitrogens with two attached hydrogens (primary N) is 1. The minimum atomic E-state index is 0.273. The van der Waals surface area contributed by atoms with E-state index in [1.807, 2.05) is 0 Å². The summed E-state index contributed by atoms with van der Waals surface area (Å²) in [6.45, 7) is 8.52. The first-order valence-corrected chi connectivity index (χ1v) is 2.94. The van der Waals surface area contributed by atoms with Crippen LogP contribution < -0.4 is 11.3 Å². The standard InChI is InChI=1S/C6H16N2/c1-5(8-7)6(2,3)4/h5,8H,7H2,1-4H3. The van der Waals surface area contributed by atoms with Crippen molar-refractivity contribution in [2.75, 3.05) is 0 Å². The molecule has 2 nitrogen and oxygen atoms in total. The summed E-state index contributed by atoms with van der Waals surface area (Å²) >= 11 is 0. The molecule has 0 fully saturated rings. The quantitative estimate of drug-likeness (QED) is 0.394. The van der Waals surface area contributed by atoms with E-state index in [1.165, 1.54) is 0 Å². The van der Waals surface area contributed by atoms with Gasteiger partial charge in [0.1, 0.15) is 0 Å². The largest absolute Gasteiger partial charge is 0.271 e. The Balaban J connectivity index is 3.62. The van der Waals surface area contributed by atoms with Gasteiger partial charge in [0.25, 0.3) is 0 Å². The van der Waals surface area contributed by atoms with Gasteiger partial charge in [-0.1, -0.05) is 20.8 Å². The van der Waals surface area contributed by atoms with Gasteiger partial charge in [-0.3, -0.25) is 11.3 Å². The van der Waals surface area contributed by atoms with Gasteiger partial charge in [-0.05, 0) is 12.3 Å². The minimum absolute atomic E-state index is 0.273. The van der Waals surface area contributed by atoms with Gasteiger partial charge >= 0.3 is 0 Å². The molecule has 0 heterocycles. The molecule has 0 bridgehead atoms. The second-order valence-corrected chi connectivity index (χ2v) is 3.25. The predicted molar refractivity (Wildman–Crippen MR) is 36.2 cm³/mol. The minimum Gasteiger partial charge on any atom is -0.271 e. The fraction of sp³-hybridized carbons (Fsp3) is 1.00. The van der Waals surface area contributed by atoms with Gasteiger partial charge in [-0.25, -0.2) is 0 Å². The van der Waals surface area contributed by atoms with Crippen LogP contribution in [0, 0.1) is 5.41 Å². The van der Waals surface area contributed by atoms with Gasteiger partial charge in [0.05, 0.1) is 0 Å². The summed E-state index contributed by atoms with van der Waals surface area (Å²) in [5, 5.41) is 0. The van der Waals surface area contributed by atoms with Crippen molar-refractivity contribution < 1.29 is 0 Å².